The number of ether oxygens (including phenoxy) is 1. The molecule has 0 amide bonds. The zero-order chi connectivity index (χ0) is 15.2. The first-order valence-electron chi connectivity index (χ1n) is 7.12. The highest BCUT2D eigenvalue weighted by Gasteiger charge is 2.07. The van der Waals surface area contributed by atoms with Gasteiger partial charge in [-0.2, -0.15) is 5.10 Å². The van der Waals surface area contributed by atoms with Gasteiger partial charge in [-0.1, -0.05) is 17.7 Å². The lowest BCUT2D eigenvalue weighted by Crippen LogP contribution is -2.31. The molecular formula is C16H23N3O2. The van der Waals surface area contributed by atoms with Crippen LogP contribution in [0, 0.1) is 13.8 Å². The SMILES string of the molecule is Cc1ccc(OCC(O)CNCc2cn(C)nc2C)cc1. The fourth-order valence-electron chi connectivity index (χ4n) is 2.08. The Hall–Kier alpha value is -1.85. The zero-order valence-electron chi connectivity index (χ0n) is 12.8. The molecule has 1 aromatic heterocycles. The normalized spacial score (nSPS) is 12.4. The van der Waals surface area contributed by atoms with Crippen LogP contribution in [0.15, 0.2) is 30.5 Å². The molecular weight excluding hydrogens is 266 g/mol. The summed E-state index contributed by atoms with van der Waals surface area (Å²) in [6, 6.07) is 7.80. The molecule has 2 N–H and O–H groups in total. The topological polar surface area (TPSA) is 59.3 Å². The number of aromatic nitrogens is 2. The van der Waals surface area contributed by atoms with Crippen molar-refractivity contribution < 1.29 is 9.84 Å². The molecule has 5 heteroatoms. The fourth-order valence-corrected chi connectivity index (χ4v) is 2.08. The molecule has 21 heavy (non-hydrogen) atoms. The quantitative estimate of drug-likeness (QED) is 0.812. The minimum atomic E-state index is -0.539. The molecule has 0 saturated carbocycles. The first kappa shape index (κ1) is 15.5. The van der Waals surface area contributed by atoms with Crippen LogP contribution in [0.25, 0.3) is 0 Å². The summed E-state index contributed by atoms with van der Waals surface area (Å²) in [6.45, 7) is 5.47. The van der Waals surface area contributed by atoms with E-state index < -0.39 is 6.10 Å². The van der Waals surface area contributed by atoms with Gasteiger partial charge >= 0.3 is 0 Å². The van der Waals surface area contributed by atoms with E-state index in [0.29, 0.717) is 13.1 Å². The first-order chi connectivity index (χ1) is 10.0. The van der Waals surface area contributed by atoms with Gasteiger partial charge in [-0.05, 0) is 26.0 Å². The van der Waals surface area contributed by atoms with Gasteiger partial charge in [-0.3, -0.25) is 4.68 Å². The van der Waals surface area contributed by atoms with Gasteiger partial charge in [0, 0.05) is 31.9 Å². The summed E-state index contributed by atoms with van der Waals surface area (Å²) in [5.74, 6) is 0.780. The molecule has 2 aromatic rings. The number of hydrogen-bond acceptors (Lipinski definition) is 4. The second-order valence-corrected chi connectivity index (χ2v) is 5.32. The van der Waals surface area contributed by atoms with Gasteiger partial charge in [0.05, 0.1) is 5.69 Å². The lowest BCUT2D eigenvalue weighted by Gasteiger charge is -2.13. The van der Waals surface area contributed by atoms with Crippen molar-refractivity contribution in [3.8, 4) is 5.75 Å². The van der Waals surface area contributed by atoms with Crippen LogP contribution >= 0.6 is 0 Å². The van der Waals surface area contributed by atoms with Crippen molar-refractivity contribution in [2.75, 3.05) is 13.2 Å². The van der Waals surface area contributed by atoms with Crippen LogP contribution in [0.5, 0.6) is 5.75 Å². The van der Waals surface area contributed by atoms with Gasteiger partial charge in [0.1, 0.15) is 18.5 Å². The number of aryl methyl sites for hydroxylation is 3. The van der Waals surface area contributed by atoms with Gasteiger partial charge in [0.25, 0.3) is 0 Å². The van der Waals surface area contributed by atoms with E-state index in [2.05, 4.69) is 10.4 Å². The van der Waals surface area contributed by atoms with E-state index in [1.807, 2.05) is 51.4 Å². The second-order valence-electron chi connectivity index (χ2n) is 5.32. The number of hydrogen-bond donors (Lipinski definition) is 2. The number of aliphatic hydroxyl groups excluding tert-OH is 1. The summed E-state index contributed by atoms with van der Waals surface area (Å²) in [5.41, 5.74) is 3.34. The summed E-state index contributed by atoms with van der Waals surface area (Å²) in [7, 11) is 1.90. The molecule has 0 radical (unpaired) electrons. The average Bonchev–Trinajstić information content (AvgIpc) is 2.76. The largest absolute Gasteiger partial charge is 0.491 e. The third-order valence-corrected chi connectivity index (χ3v) is 3.27. The first-order valence-corrected chi connectivity index (χ1v) is 7.12. The summed E-state index contributed by atoms with van der Waals surface area (Å²) in [5, 5.41) is 17.4. The van der Waals surface area contributed by atoms with Crippen LogP contribution in [-0.4, -0.2) is 34.1 Å². The maximum atomic E-state index is 9.91. The van der Waals surface area contributed by atoms with Crippen molar-refractivity contribution >= 4 is 0 Å². The number of rotatable bonds is 7. The minimum absolute atomic E-state index is 0.280. The van der Waals surface area contributed by atoms with Gasteiger partial charge in [-0.15, -0.1) is 0 Å². The lowest BCUT2D eigenvalue weighted by atomic mass is 10.2. The maximum absolute atomic E-state index is 9.91. The smallest absolute Gasteiger partial charge is 0.119 e. The fraction of sp³-hybridized carbons (Fsp3) is 0.438. The van der Waals surface area contributed by atoms with Crippen LogP contribution in [0.1, 0.15) is 16.8 Å². The van der Waals surface area contributed by atoms with E-state index in [9.17, 15) is 5.11 Å². The van der Waals surface area contributed by atoms with E-state index in [1.54, 1.807) is 4.68 Å². The monoisotopic (exact) mass is 289 g/mol. The van der Waals surface area contributed by atoms with E-state index in [-0.39, 0.29) is 6.61 Å². The molecule has 0 spiro atoms. The molecule has 0 aliphatic rings. The molecule has 5 nitrogen and oxygen atoms in total. The van der Waals surface area contributed by atoms with Crippen LogP contribution in [0.2, 0.25) is 0 Å². The third kappa shape index (κ3) is 4.88. The van der Waals surface area contributed by atoms with Gasteiger partial charge in [0.15, 0.2) is 0 Å². The Kier molecular flexibility index (Phi) is 5.36. The van der Waals surface area contributed by atoms with Crippen molar-refractivity contribution in [1.82, 2.24) is 15.1 Å². The lowest BCUT2D eigenvalue weighted by molar-refractivity contribution is 0.106. The van der Waals surface area contributed by atoms with Crippen molar-refractivity contribution in [3.05, 3.63) is 47.3 Å². The van der Waals surface area contributed by atoms with Gasteiger partial charge in [0.2, 0.25) is 0 Å². The van der Waals surface area contributed by atoms with E-state index in [1.165, 1.54) is 5.56 Å². The summed E-state index contributed by atoms with van der Waals surface area (Å²) >= 11 is 0. The van der Waals surface area contributed by atoms with E-state index in [0.717, 1.165) is 17.0 Å². The molecule has 1 heterocycles. The third-order valence-electron chi connectivity index (χ3n) is 3.27. The Labute approximate surface area is 125 Å². The molecule has 1 unspecified atom stereocenters. The molecule has 114 valence electrons. The van der Waals surface area contributed by atoms with E-state index >= 15 is 0 Å². The molecule has 1 aromatic carbocycles. The number of benzene rings is 1. The molecule has 0 fully saturated rings. The highest BCUT2D eigenvalue weighted by atomic mass is 16.5. The predicted molar refractivity (Wildman–Crippen MR) is 82.3 cm³/mol. The Morgan fingerprint density at radius 3 is 2.62 bits per heavy atom. The van der Waals surface area contributed by atoms with Crippen LogP contribution in [0.3, 0.4) is 0 Å². The van der Waals surface area contributed by atoms with E-state index in [4.69, 9.17) is 4.74 Å². The van der Waals surface area contributed by atoms with Gasteiger partial charge < -0.3 is 15.2 Å². The zero-order valence-corrected chi connectivity index (χ0v) is 12.8. The standard InChI is InChI=1S/C16H23N3O2/c1-12-4-6-16(7-5-12)21-11-15(20)9-17-8-14-10-19(3)18-13(14)2/h4-7,10,15,17,20H,8-9,11H2,1-3H3. The molecule has 0 bridgehead atoms. The molecule has 1 atom stereocenters. The van der Waals surface area contributed by atoms with Crippen molar-refractivity contribution in [2.24, 2.45) is 7.05 Å². The average molecular weight is 289 g/mol. The van der Waals surface area contributed by atoms with Gasteiger partial charge in [-0.25, -0.2) is 0 Å². The Balaban J connectivity index is 1.69. The molecule has 0 aliphatic carbocycles. The van der Waals surface area contributed by atoms with Crippen molar-refractivity contribution in [2.45, 2.75) is 26.5 Å². The number of nitrogens with one attached hydrogen (secondary N) is 1. The summed E-state index contributed by atoms with van der Waals surface area (Å²) in [6.07, 6.45) is 1.45. The Morgan fingerprint density at radius 1 is 1.29 bits per heavy atom. The van der Waals surface area contributed by atoms with Crippen LogP contribution in [-0.2, 0) is 13.6 Å². The molecule has 2 rings (SSSR count). The van der Waals surface area contributed by atoms with Crippen LogP contribution in [0.4, 0.5) is 0 Å². The summed E-state index contributed by atoms with van der Waals surface area (Å²) < 4.78 is 7.34. The molecule has 0 aliphatic heterocycles. The Bertz CT molecular complexity index is 563. The highest BCUT2D eigenvalue weighted by molar-refractivity contribution is 5.26. The predicted octanol–water partition coefficient (Wildman–Crippen LogP) is 1.57. The van der Waals surface area contributed by atoms with Crippen molar-refractivity contribution in [3.63, 3.8) is 0 Å². The molecule has 0 saturated heterocycles. The number of nitrogens with zero attached hydrogens (tertiary/aromatic N) is 2. The maximum Gasteiger partial charge on any atom is 0.119 e. The second kappa shape index (κ2) is 7.24. The van der Waals surface area contributed by atoms with Crippen LogP contribution < -0.4 is 10.1 Å². The van der Waals surface area contributed by atoms with Crippen molar-refractivity contribution in [1.29, 1.82) is 0 Å². The number of aliphatic hydroxyl groups is 1. The highest BCUT2D eigenvalue weighted by Crippen LogP contribution is 2.11. The Morgan fingerprint density at radius 2 is 2.00 bits per heavy atom. The minimum Gasteiger partial charge on any atom is -0.491 e. The summed E-state index contributed by atoms with van der Waals surface area (Å²) in [4.78, 5) is 0.